The van der Waals surface area contributed by atoms with E-state index in [9.17, 15) is 27.9 Å². The number of hydrogen-bond donors (Lipinski definition) is 1. The van der Waals surface area contributed by atoms with Crippen molar-refractivity contribution in [3.63, 3.8) is 0 Å². The Morgan fingerprint density at radius 1 is 0.951 bits per heavy atom. The summed E-state index contributed by atoms with van der Waals surface area (Å²) in [5, 5.41) is 11.7. The van der Waals surface area contributed by atoms with Crippen LogP contribution in [-0.2, 0) is 29.9 Å². The number of ketones is 1. The molecule has 2 saturated heterocycles. The van der Waals surface area contributed by atoms with E-state index in [2.05, 4.69) is 0 Å². The second-order valence-corrected chi connectivity index (χ2v) is 12.9. The molecular weight excluding hydrogens is 544 g/mol. The summed E-state index contributed by atoms with van der Waals surface area (Å²) in [7, 11) is -0.0511. The second kappa shape index (κ2) is 11.0. The van der Waals surface area contributed by atoms with Crippen LogP contribution >= 0.6 is 0 Å². The molecule has 2 amide bonds. The van der Waals surface area contributed by atoms with Gasteiger partial charge in [-0.1, -0.05) is 31.5 Å². The van der Waals surface area contributed by atoms with Crippen molar-refractivity contribution >= 4 is 39.1 Å². The third kappa shape index (κ3) is 4.56. The third-order valence-corrected chi connectivity index (χ3v) is 10.0. The molecule has 3 aliphatic rings. The fourth-order valence-electron chi connectivity index (χ4n) is 6.10. The van der Waals surface area contributed by atoms with Gasteiger partial charge in [-0.15, -0.1) is 0 Å². The van der Waals surface area contributed by atoms with Gasteiger partial charge in [-0.05, 0) is 63.7 Å². The van der Waals surface area contributed by atoms with Crippen molar-refractivity contribution in [3.8, 4) is 0 Å². The van der Waals surface area contributed by atoms with E-state index < -0.39 is 38.9 Å². The number of rotatable bonds is 8. The predicted molar refractivity (Wildman–Crippen MR) is 155 cm³/mol. The van der Waals surface area contributed by atoms with Gasteiger partial charge < -0.3 is 19.8 Å². The summed E-state index contributed by atoms with van der Waals surface area (Å²) in [6, 6.07) is 12.7. The molecule has 41 heavy (non-hydrogen) atoms. The van der Waals surface area contributed by atoms with Crippen molar-refractivity contribution in [2.24, 2.45) is 0 Å². The highest BCUT2D eigenvalue weighted by Crippen LogP contribution is 2.53. The first-order valence-electron chi connectivity index (χ1n) is 14.0. The molecule has 11 heteroatoms. The van der Waals surface area contributed by atoms with Gasteiger partial charge in [0.05, 0.1) is 16.2 Å². The van der Waals surface area contributed by atoms with Gasteiger partial charge in [0, 0.05) is 43.9 Å². The number of aliphatic hydroxyl groups excluding tert-OH is 1. The van der Waals surface area contributed by atoms with Gasteiger partial charge in [-0.3, -0.25) is 14.4 Å². The van der Waals surface area contributed by atoms with Crippen LogP contribution < -0.4 is 4.90 Å². The number of fused-ring (bicyclic) bond motifs is 2. The normalized spacial score (nSPS) is 22.8. The van der Waals surface area contributed by atoms with E-state index in [1.54, 1.807) is 29.2 Å². The fraction of sp³-hybridized carbons (Fsp3) is 0.433. The molecule has 1 unspecified atom stereocenters. The molecule has 0 aromatic heterocycles. The number of nitrogens with zero attached hydrogens (tertiary/aromatic N) is 4. The van der Waals surface area contributed by atoms with Gasteiger partial charge in [-0.25, -0.2) is 8.42 Å². The largest absolute Gasteiger partial charge is 0.507 e. The smallest absolute Gasteiger partial charge is 0.296 e. The number of carbonyl (C=O) groups is 3. The monoisotopic (exact) mass is 580 g/mol. The Morgan fingerprint density at radius 2 is 1.61 bits per heavy atom. The second-order valence-electron chi connectivity index (χ2n) is 11.0. The lowest BCUT2D eigenvalue weighted by Gasteiger charge is -2.35. The number of para-hydroxylation sites is 1. The van der Waals surface area contributed by atoms with Crippen molar-refractivity contribution in [1.82, 2.24) is 14.1 Å². The molecule has 10 nitrogen and oxygen atoms in total. The van der Waals surface area contributed by atoms with Gasteiger partial charge in [0.2, 0.25) is 10.0 Å². The molecular formula is C30H36N4O6S. The van der Waals surface area contributed by atoms with Crippen LogP contribution in [0.1, 0.15) is 43.7 Å². The van der Waals surface area contributed by atoms with Crippen molar-refractivity contribution in [1.29, 1.82) is 0 Å². The highest BCUT2D eigenvalue weighted by atomic mass is 32.2. The van der Waals surface area contributed by atoms with Crippen LogP contribution in [0.25, 0.3) is 5.76 Å². The number of hydrogen-bond acceptors (Lipinski definition) is 7. The minimum absolute atomic E-state index is 0.0773. The number of Topliss-reactive ketones (excluding diaryl/α,β-unsaturated/α-hetero) is 1. The third-order valence-electron chi connectivity index (χ3n) is 8.11. The number of carbonyl (C=O) groups excluding carboxylic acids is 3. The molecule has 0 saturated carbocycles. The van der Waals surface area contributed by atoms with E-state index >= 15 is 0 Å². The van der Waals surface area contributed by atoms with Crippen LogP contribution in [0.2, 0.25) is 0 Å². The van der Waals surface area contributed by atoms with Gasteiger partial charge in [0.15, 0.2) is 5.54 Å². The molecule has 5 rings (SSSR count). The number of piperidine rings is 1. The molecule has 0 bridgehead atoms. The number of sulfonamides is 1. The summed E-state index contributed by atoms with van der Waals surface area (Å²) < 4.78 is 27.8. The van der Waals surface area contributed by atoms with E-state index in [4.69, 9.17) is 0 Å². The maximum atomic E-state index is 14.4. The number of aliphatic hydroxyl groups is 1. The van der Waals surface area contributed by atoms with E-state index in [1.165, 1.54) is 33.5 Å². The lowest BCUT2D eigenvalue weighted by molar-refractivity contribution is -0.143. The summed E-state index contributed by atoms with van der Waals surface area (Å²) in [5.74, 6) is -2.80. The minimum Gasteiger partial charge on any atom is -0.507 e. The summed E-state index contributed by atoms with van der Waals surface area (Å²) in [4.78, 5) is 46.4. The SMILES string of the molecule is CCCN1C(=O)C2(/C(=C(/O)c3ccc(S(=O)(=O)N4CCCCC4)cc3)C(=O)C(=O)N2CCN(C)C)c2ccccc21. The van der Waals surface area contributed by atoms with E-state index in [1.807, 2.05) is 25.9 Å². The molecule has 0 aliphatic carbocycles. The average molecular weight is 581 g/mol. The number of likely N-dealkylation sites (N-methyl/N-ethyl adjacent to an activating group) is 1. The molecule has 1 spiro atoms. The standard InChI is InChI=1S/C30H36N4O6S/c1-4-16-33-24-11-7-6-10-23(24)30(29(33)38)25(27(36)28(37)34(30)20-19-31(2)3)26(35)21-12-14-22(15-13-21)41(39,40)32-17-8-5-9-18-32/h6-7,10-15,35H,4-5,8-9,16-20H2,1-3H3/b26-25+. The van der Waals surface area contributed by atoms with E-state index in [0.29, 0.717) is 43.9 Å². The zero-order valence-corrected chi connectivity index (χ0v) is 24.5. The number of benzene rings is 2. The lowest BCUT2D eigenvalue weighted by Crippen LogP contribution is -2.53. The first-order valence-corrected chi connectivity index (χ1v) is 15.5. The first-order chi connectivity index (χ1) is 19.6. The molecule has 3 aliphatic heterocycles. The van der Waals surface area contributed by atoms with Crippen molar-refractivity contribution < 1.29 is 27.9 Å². The highest BCUT2D eigenvalue weighted by Gasteiger charge is 2.66. The van der Waals surface area contributed by atoms with Gasteiger partial charge in [0.25, 0.3) is 17.6 Å². The van der Waals surface area contributed by atoms with Crippen LogP contribution in [0.3, 0.4) is 0 Å². The molecule has 2 aromatic carbocycles. The fourth-order valence-corrected chi connectivity index (χ4v) is 7.61. The maximum absolute atomic E-state index is 14.4. The Balaban J connectivity index is 1.67. The topological polar surface area (TPSA) is 119 Å². The van der Waals surface area contributed by atoms with E-state index in [0.717, 1.165) is 19.3 Å². The lowest BCUT2D eigenvalue weighted by atomic mass is 9.82. The van der Waals surface area contributed by atoms with Crippen LogP contribution in [0, 0.1) is 0 Å². The Morgan fingerprint density at radius 3 is 2.24 bits per heavy atom. The Labute approximate surface area is 240 Å². The van der Waals surface area contributed by atoms with Crippen LogP contribution in [0.15, 0.2) is 59.0 Å². The zero-order chi connectivity index (χ0) is 29.5. The maximum Gasteiger partial charge on any atom is 0.296 e. The Hall–Kier alpha value is -3.54. The number of anilines is 1. The number of likely N-dealkylation sites (tertiary alicyclic amines) is 1. The molecule has 3 heterocycles. The molecule has 2 aromatic rings. The van der Waals surface area contributed by atoms with Crippen LogP contribution in [0.5, 0.6) is 0 Å². The first kappa shape index (κ1) is 29.0. The van der Waals surface area contributed by atoms with Crippen molar-refractivity contribution in [2.45, 2.75) is 43.0 Å². The molecule has 2 fully saturated rings. The van der Waals surface area contributed by atoms with Crippen molar-refractivity contribution in [3.05, 3.63) is 65.2 Å². The summed E-state index contributed by atoms with van der Waals surface area (Å²) in [6.07, 6.45) is 3.24. The van der Waals surface area contributed by atoms with Crippen LogP contribution in [0.4, 0.5) is 5.69 Å². The van der Waals surface area contributed by atoms with E-state index in [-0.39, 0.29) is 22.6 Å². The molecule has 1 N–H and O–H groups in total. The summed E-state index contributed by atoms with van der Waals surface area (Å²) in [5.41, 5.74) is -0.943. The summed E-state index contributed by atoms with van der Waals surface area (Å²) >= 11 is 0. The molecule has 1 atom stereocenters. The molecule has 0 radical (unpaired) electrons. The van der Waals surface area contributed by atoms with Gasteiger partial charge in [0.1, 0.15) is 5.76 Å². The Kier molecular flexibility index (Phi) is 7.80. The van der Waals surface area contributed by atoms with Crippen molar-refractivity contribution in [2.75, 3.05) is 51.7 Å². The highest BCUT2D eigenvalue weighted by molar-refractivity contribution is 7.89. The van der Waals surface area contributed by atoms with Gasteiger partial charge in [-0.2, -0.15) is 4.31 Å². The minimum atomic E-state index is -3.71. The van der Waals surface area contributed by atoms with Crippen LogP contribution in [-0.4, -0.2) is 92.0 Å². The Bertz CT molecular complexity index is 1510. The van der Waals surface area contributed by atoms with Gasteiger partial charge >= 0.3 is 0 Å². The number of amides is 2. The zero-order valence-electron chi connectivity index (χ0n) is 23.7. The average Bonchev–Trinajstić information content (AvgIpc) is 3.35. The summed E-state index contributed by atoms with van der Waals surface area (Å²) in [6.45, 7) is 3.69. The predicted octanol–water partition coefficient (Wildman–Crippen LogP) is 2.76. The quantitative estimate of drug-likeness (QED) is 0.290. The molecule has 218 valence electrons.